The molecule has 0 aromatic carbocycles. The van der Waals surface area contributed by atoms with Crippen LogP contribution < -0.4 is 0 Å². The van der Waals surface area contributed by atoms with E-state index in [0.717, 1.165) is 0 Å². The maximum absolute atomic E-state index is 10.9. The van der Waals surface area contributed by atoms with E-state index in [1.54, 1.807) is 0 Å². The number of rotatable bonds is 9. The standard InChI is InChI=1S/C10H13O7S/c1-5(11)2-3-18-8(10(16)17)6(9(14)15)4-7(12)13/h2,6,8H,3-4H2,1H3,(H,12,13)(H,14,15)(H,16,17). The summed E-state index contributed by atoms with van der Waals surface area (Å²) in [4.78, 5) is 42.9. The van der Waals surface area contributed by atoms with Crippen LogP contribution in [0.1, 0.15) is 13.3 Å². The minimum atomic E-state index is -1.54. The molecule has 2 unspecified atom stereocenters. The lowest BCUT2D eigenvalue weighted by atomic mass is 10.0. The van der Waals surface area contributed by atoms with Crippen LogP contribution in [0.15, 0.2) is 0 Å². The van der Waals surface area contributed by atoms with Crippen molar-refractivity contribution in [3.8, 4) is 0 Å². The van der Waals surface area contributed by atoms with Crippen molar-refractivity contribution < 1.29 is 34.5 Å². The first-order valence-electron chi connectivity index (χ1n) is 4.88. The molecule has 0 spiro atoms. The number of carbonyl (C=O) groups excluding carboxylic acids is 1. The summed E-state index contributed by atoms with van der Waals surface area (Å²) in [6.45, 7) is 1.28. The number of ketones is 1. The fourth-order valence-corrected chi connectivity index (χ4v) is 2.27. The van der Waals surface area contributed by atoms with Crippen molar-refractivity contribution in [3.05, 3.63) is 6.42 Å². The van der Waals surface area contributed by atoms with Gasteiger partial charge in [0, 0.05) is 12.2 Å². The summed E-state index contributed by atoms with van der Waals surface area (Å²) in [5.41, 5.74) is 0. The van der Waals surface area contributed by atoms with Crippen molar-refractivity contribution in [1.82, 2.24) is 0 Å². The fourth-order valence-electron chi connectivity index (χ4n) is 1.14. The van der Waals surface area contributed by atoms with E-state index in [-0.39, 0.29) is 11.5 Å². The highest BCUT2D eigenvalue weighted by molar-refractivity contribution is 8.00. The minimum absolute atomic E-state index is 0.0235. The maximum Gasteiger partial charge on any atom is 0.317 e. The number of hydrogen-bond donors (Lipinski definition) is 3. The van der Waals surface area contributed by atoms with E-state index >= 15 is 0 Å². The van der Waals surface area contributed by atoms with Crippen molar-refractivity contribution in [3.63, 3.8) is 0 Å². The molecule has 0 aromatic heterocycles. The molecule has 2 atom stereocenters. The van der Waals surface area contributed by atoms with Crippen LogP contribution in [-0.2, 0) is 19.2 Å². The van der Waals surface area contributed by atoms with E-state index < -0.39 is 35.5 Å². The first kappa shape index (κ1) is 16.4. The Bertz CT molecular complexity index is 352. The van der Waals surface area contributed by atoms with Gasteiger partial charge in [-0.2, -0.15) is 0 Å². The molecule has 1 radical (unpaired) electrons. The molecule has 0 amide bonds. The molecule has 0 rings (SSSR count). The van der Waals surface area contributed by atoms with Crippen LogP contribution in [0.5, 0.6) is 0 Å². The predicted octanol–water partition coefficient (Wildman–Crippen LogP) is 0.142. The summed E-state index contributed by atoms with van der Waals surface area (Å²) in [6, 6.07) is 0. The fraction of sp³-hybridized carbons (Fsp3) is 0.500. The van der Waals surface area contributed by atoms with E-state index in [9.17, 15) is 19.2 Å². The number of hydrogen-bond acceptors (Lipinski definition) is 5. The lowest BCUT2D eigenvalue weighted by Crippen LogP contribution is -2.34. The van der Waals surface area contributed by atoms with Crippen LogP contribution in [0.2, 0.25) is 0 Å². The topological polar surface area (TPSA) is 129 Å². The Kier molecular flexibility index (Phi) is 7.03. The quantitative estimate of drug-likeness (QED) is 0.542. The zero-order valence-electron chi connectivity index (χ0n) is 9.53. The Morgan fingerprint density at radius 2 is 1.67 bits per heavy atom. The van der Waals surface area contributed by atoms with Gasteiger partial charge in [0.2, 0.25) is 0 Å². The predicted molar refractivity (Wildman–Crippen MR) is 62.2 cm³/mol. The van der Waals surface area contributed by atoms with Gasteiger partial charge in [-0.3, -0.25) is 19.2 Å². The van der Waals surface area contributed by atoms with E-state index in [1.807, 2.05) is 0 Å². The van der Waals surface area contributed by atoms with Crippen molar-refractivity contribution >= 4 is 35.5 Å². The number of thioether (sulfide) groups is 1. The molecule has 0 bridgehead atoms. The van der Waals surface area contributed by atoms with Crippen LogP contribution >= 0.6 is 11.8 Å². The van der Waals surface area contributed by atoms with Gasteiger partial charge >= 0.3 is 17.9 Å². The van der Waals surface area contributed by atoms with E-state index in [0.29, 0.717) is 11.8 Å². The molecule has 8 heteroatoms. The third-order valence-electron chi connectivity index (χ3n) is 1.97. The summed E-state index contributed by atoms with van der Waals surface area (Å²) in [5, 5.41) is 24.9. The van der Waals surface area contributed by atoms with Gasteiger partial charge in [-0.05, 0) is 6.92 Å². The number of aliphatic carboxylic acids is 3. The van der Waals surface area contributed by atoms with Crippen LogP contribution in [0.25, 0.3) is 0 Å². The van der Waals surface area contributed by atoms with Crippen LogP contribution in [0.4, 0.5) is 0 Å². The van der Waals surface area contributed by atoms with E-state index in [2.05, 4.69) is 0 Å². The smallest absolute Gasteiger partial charge is 0.317 e. The summed E-state index contributed by atoms with van der Waals surface area (Å²) in [5.74, 6) is -6.06. The second-order valence-corrected chi connectivity index (χ2v) is 4.62. The molecule has 18 heavy (non-hydrogen) atoms. The van der Waals surface area contributed by atoms with Gasteiger partial charge < -0.3 is 15.3 Å². The Morgan fingerprint density at radius 3 is 2.00 bits per heavy atom. The molecule has 7 nitrogen and oxygen atoms in total. The normalized spacial score (nSPS) is 13.6. The Labute approximate surface area is 107 Å². The van der Waals surface area contributed by atoms with Gasteiger partial charge in [0.05, 0.1) is 12.3 Å². The zero-order valence-corrected chi connectivity index (χ0v) is 10.3. The first-order chi connectivity index (χ1) is 8.25. The SMILES string of the molecule is CC(=O)[CH]CSC(C(=O)O)C(CC(=O)O)C(=O)O. The molecule has 0 aliphatic rings. The minimum Gasteiger partial charge on any atom is -0.481 e. The molecule has 101 valence electrons. The number of carboxylic acid groups (broad SMARTS) is 3. The van der Waals surface area contributed by atoms with Crippen LogP contribution in [0, 0.1) is 12.3 Å². The van der Waals surface area contributed by atoms with Crippen molar-refractivity contribution in [2.24, 2.45) is 5.92 Å². The highest BCUT2D eigenvalue weighted by Gasteiger charge is 2.35. The first-order valence-corrected chi connectivity index (χ1v) is 5.93. The molecule has 0 saturated heterocycles. The average molecular weight is 277 g/mol. The molecule has 0 heterocycles. The van der Waals surface area contributed by atoms with Crippen molar-refractivity contribution in [2.45, 2.75) is 18.6 Å². The van der Waals surface area contributed by atoms with Gasteiger partial charge in [-0.25, -0.2) is 0 Å². The van der Waals surface area contributed by atoms with Crippen LogP contribution in [-0.4, -0.2) is 50.0 Å². The molecule has 0 aromatic rings. The molecule has 0 saturated carbocycles. The van der Waals surface area contributed by atoms with Crippen molar-refractivity contribution in [1.29, 1.82) is 0 Å². The zero-order chi connectivity index (χ0) is 14.3. The third kappa shape index (κ3) is 6.24. The molecule has 0 aliphatic heterocycles. The molecule has 0 fully saturated rings. The summed E-state index contributed by atoms with van der Waals surface area (Å²) >= 11 is 0.716. The molecule has 0 aliphatic carbocycles. The van der Waals surface area contributed by atoms with Gasteiger partial charge in [-0.15, -0.1) is 11.8 Å². The van der Waals surface area contributed by atoms with E-state index in [1.165, 1.54) is 13.3 Å². The molecular formula is C10H13O7S. The average Bonchev–Trinajstić information content (AvgIpc) is 2.20. The number of carbonyl (C=O) groups is 4. The van der Waals surface area contributed by atoms with Crippen molar-refractivity contribution in [2.75, 3.05) is 5.75 Å². The highest BCUT2D eigenvalue weighted by atomic mass is 32.2. The third-order valence-corrected chi connectivity index (χ3v) is 3.22. The lowest BCUT2D eigenvalue weighted by Gasteiger charge is -2.18. The van der Waals surface area contributed by atoms with Gasteiger partial charge in [-0.1, -0.05) is 0 Å². The number of Topliss-reactive ketones (excluding diaryl/α,β-unsaturated/α-hetero) is 1. The highest BCUT2D eigenvalue weighted by Crippen LogP contribution is 2.24. The summed E-state index contributed by atoms with van der Waals surface area (Å²) in [7, 11) is 0. The van der Waals surface area contributed by atoms with Gasteiger partial charge in [0.15, 0.2) is 0 Å². The van der Waals surface area contributed by atoms with Gasteiger partial charge in [0.25, 0.3) is 0 Å². The maximum atomic E-state index is 10.9. The second kappa shape index (κ2) is 7.70. The Hall–Kier alpha value is -1.57. The van der Waals surface area contributed by atoms with E-state index in [4.69, 9.17) is 15.3 Å². The Balaban J connectivity index is 4.70. The lowest BCUT2D eigenvalue weighted by molar-refractivity contribution is -0.151. The Morgan fingerprint density at radius 1 is 1.11 bits per heavy atom. The van der Waals surface area contributed by atoms with Gasteiger partial charge in [0.1, 0.15) is 11.0 Å². The second-order valence-electron chi connectivity index (χ2n) is 3.45. The van der Waals surface area contributed by atoms with Crippen LogP contribution in [0.3, 0.4) is 0 Å². The molecular weight excluding hydrogens is 264 g/mol. The summed E-state index contributed by atoms with van der Waals surface area (Å²) in [6.07, 6.45) is 0.430. The largest absolute Gasteiger partial charge is 0.481 e. The monoisotopic (exact) mass is 277 g/mol. The summed E-state index contributed by atoms with van der Waals surface area (Å²) < 4.78 is 0. The molecule has 3 N–H and O–H groups in total. The number of carboxylic acids is 3.